The fraction of sp³-hybridized carbons (Fsp3) is 0.158. The summed E-state index contributed by atoms with van der Waals surface area (Å²) in [7, 11) is 0. The molecule has 216 valence electrons. The van der Waals surface area contributed by atoms with Crippen molar-refractivity contribution < 1.29 is 4.79 Å². The van der Waals surface area contributed by atoms with Crippen LogP contribution in [0.5, 0.6) is 0 Å². The molecule has 1 fully saturated rings. The summed E-state index contributed by atoms with van der Waals surface area (Å²) < 4.78 is 0.625. The normalized spacial score (nSPS) is 16.9. The van der Waals surface area contributed by atoms with E-state index < -0.39 is 5.41 Å². The molecule has 0 unspecified atom stereocenters. The number of para-hydroxylation sites is 1. The minimum absolute atomic E-state index is 0.00879. The quantitative estimate of drug-likeness (QED) is 0.144. The first-order valence-corrected chi connectivity index (χ1v) is 16.9. The average Bonchev–Trinajstić information content (AvgIpc) is 3.65. The van der Waals surface area contributed by atoms with Crippen LogP contribution in [0.3, 0.4) is 0 Å². The van der Waals surface area contributed by atoms with Gasteiger partial charge in [-0.15, -0.1) is 11.3 Å². The van der Waals surface area contributed by atoms with Crippen LogP contribution in [0, 0.1) is 20.8 Å². The molecule has 1 saturated heterocycles. The Morgan fingerprint density at radius 2 is 1.39 bits per heavy atom. The Kier molecular flexibility index (Phi) is 6.28. The number of anilines is 3. The van der Waals surface area contributed by atoms with E-state index in [0.717, 1.165) is 4.88 Å². The summed E-state index contributed by atoms with van der Waals surface area (Å²) in [6.07, 6.45) is 2.05. The Labute approximate surface area is 271 Å². The van der Waals surface area contributed by atoms with E-state index in [1.54, 1.807) is 16.2 Å². The molecule has 0 radical (unpaired) electrons. The zero-order valence-corrected chi connectivity index (χ0v) is 27.4. The van der Waals surface area contributed by atoms with Gasteiger partial charge < -0.3 is 4.90 Å². The highest BCUT2D eigenvalue weighted by Gasteiger charge is 2.52. The summed E-state index contributed by atoms with van der Waals surface area (Å²) in [6.45, 7) is 9.14. The molecule has 44 heavy (non-hydrogen) atoms. The van der Waals surface area contributed by atoms with Crippen LogP contribution >= 0.6 is 35.3 Å². The van der Waals surface area contributed by atoms with Crippen LogP contribution in [0.1, 0.15) is 50.7 Å². The predicted molar refractivity (Wildman–Crippen MR) is 190 cm³/mol. The van der Waals surface area contributed by atoms with Crippen molar-refractivity contribution in [2.45, 2.75) is 33.1 Å². The maximum atomic E-state index is 13.3. The van der Waals surface area contributed by atoms with E-state index in [4.69, 9.17) is 12.2 Å². The summed E-state index contributed by atoms with van der Waals surface area (Å²) in [5.41, 5.74) is 13.3. The first kappa shape index (κ1) is 27.6. The highest BCUT2D eigenvalue weighted by molar-refractivity contribution is 8.26. The fourth-order valence-electron chi connectivity index (χ4n) is 7.61. The van der Waals surface area contributed by atoms with Gasteiger partial charge in [0.2, 0.25) is 0 Å². The van der Waals surface area contributed by atoms with E-state index >= 15 is 0 Å². The van der Waals surface area contributed by atoms with Crippen molar-refractivity contribution in [2.75, 3.05) is 11.4 Å². The lowest BCUT2D eigenvalue weighted by molar-refractivity contribution is -0.121. The van der Waals surface area contributed by atoms with E-state index in [9.17, 15) is 4.79 Å². The van der Waals surface area contributed by atoms with Crippen LogP contribution in [0.15, 0.2) is 95.9 Å². The molecule has 1 spiro atoms. The van der Waals surface area contributed by atoms with Gasteiger partial charge in [-0.25, -0.2) is 0 Å². The molecule has 1 aliphatic carbocycles. The largest absolute Gasteiger partial charge is 0.301 e. The molecule has 0 atom stereocenters. The van der Waals surface area contributed by atoms with Crippen LogP contribution in [-0.4, -0.2) is 21.7 Å². The molecular formula is C38H30N2OS3. The maximum absolute atomic E-state index is 13.3. The number of hydrogen-bond acceptors (Lipinski definition) is 5. The Bertz CT molecular complexity index is 2020. The molecule has 1 aromatic heterocycles. The van der Waals surface area contributed by atoms with Gasteiger partial charge in [-0.3, -0.25) is 9.69 Å². The molecule has 3 nitrogen and oxygen atoms in total. The van der Waals surface area contributed by atoms with Crippen molar-refractivity contribution in [3.05, 3.63) is 140 Å². The maximum Gasteiger partial charge on any atom is 0.266 e. The van der Waals surface area contributed by atoms with Crippen LogP contribution in [-0.2, 0) is 10.2 Å². The number of thiocarbonyl (C=S) groups is 1. The second-order valence-electron chi connectivity index (χ2n) is 11.7. The van der Waals surface area contributed by atoms with E-state index in [1.807, 2.05) is 6.92 Å². The van der Waals surface area contributed by atoms with Crippen molar-refractivity contribution >= 4 is 68.0 Å². The van der Waals surface area contributed by atoms with Crippen LogP contribution in [0.25, 0.3) is 17.2 Å². The van der Waals surface area contributed by atoms with E-state index in [0.29, 0.717) is 15.8 Å². The predicted octanol–water partition coefficient (Wildman–Crippen LogP) is 10.0. The third-order valence-electron chi connectivity index (χ3n) is 9.16. The van der Waals surface area contributed by atoms with E-state index in [2.05, 4.69) is 123 Å². The molecule has 6 heteroatoms. The van der Waals surface area contributed by atoms with Crippen molar-refractivity contribution in [3.8, 4) is 11.1 Å². The second-order valence-corrected chi connectivity index (χ2v) is 14.5. The van der Waals surface area contributed by atoms with Crippen molar-refractivity contribution in [1.82, 2.24) is 4.90 Å². The lowest BCUT2D eigenvalue weighted by atomic mass is 9.66. The number of thioether (sulfide) groups is 1. The number of rotatable bonds is 3. The minimum atomic E-state index is -0.493. The first-order valence-electron chi connectivity index (χ1n) is 14.9. The number of amides is 1. The molecule has 5 aromatic rings. The molecule has 0 N–H and O–H groups in total. The van der Waals surface area contributed by atoms with Gasteiger partial charge in [-0.1, -0.05) is 108 Å². The van der Waals surface area contributed by atoms with Crippen molar-refractivity contribution in [2.24, 2.45) is 0 Å². The lowest BCUT2D eigenvalue weighted by Gasteiger charge is -2.44. The number of carbonyl (C=O) groups excluding carboxylic acids is 1. The zero-order valence-electron chi connectivity index (χ0n) is 25.0. The van der Waals surface area contributed by atoms with Gasteiger partial charge in [0, 0.05) is 17.0 Å². The highest BCUT2D eigenvalue weighted by Crippen LogP contribution is 2.65. The third-order valence-corrected chi connectivity index (χ3v) is 11.6. The monoisotopic (exact) mass is 626 g/mol. The van der Waals surface area contributed by atoms with Gasteiger partial charge in [-0.05, 0) is 84.8 Å². The van der Waals surface area contributed by atoms with Crippen LogP contribution < -0.4 is 4.90 Å². The molecule has 0 bridgehead atoms. The molecule has 3 heterocycles. The number of thiophene rings is 1. The van der Waals surface area contributed by atoms with Gasteiger partial charge in [0.05, 0.1) is 21.7 Å². The number of carbonyl (C=O) groups is 1. The molecule has 2 aliphatic heterocycles. The Morgan fingerprint density at radius 3 is 2.00 bits per heavy atom. The second kappa shape index (κ2) is 10.0. The number of fused-ring (bicyclic) bond motifs is 9. The minimum Gasteiger partial charge on any atom is -0.301 e. The summed E-state index contributed by atoms with van der Waals surface area (Å²) in [5, 5.41) is 1.18. The molecular weight excluding hydrogens is 597 g/mol. The molecule has 0 saturated carbocycles. The summed E-state index contributed by atoms with van der Waals surface area (Å²) in [5.74, 6) is -0.00879. The molecule has 8 rings (SSSR count). The molecule has 4 aromatic carbocycles. The lowest BCUT2D eigenvalue weighted by Crippen LogP contribution is -2.35. The van der Waals surface area contributed by atoms with Gasteiger partial charge >= 0.3 is 0 Å². The number of aryl methyl sites for hydroxylation is 3. The van der Waals surface area contributed by atoms with Gasteiger partial charge in [-0.2, -0.15) is 0 Å². The number of nitrogens with zero attached hydrogens (tertiary/aromatic N) is 2. The zero-order chi connectivity index (χ0) is 30.3. The van der Waals surface area contributed by atoms with Crippen molar-refractivity contribution in [1.29, 1.82) is 0 Å². The standard InChI is InChI=1S/C38H30N2OS3/c1-5-39-35(41)33(44-37(39)42)21-25-20-31-36(43-25)40(34-23(3)18-22(2)19-24(34)4)32-17-11-10-16-30(32)38(31)28-14-8-6-12-26(28)27-13-7-9-15-29(27)38/h6-21H,5H2,1-4H3/b33-21-. The number of benzene rings is 4. The Morgan fingerprint density at radius 1 is 0.795 bits per heavy atom. The van der Waals surface area contributed by atoms with Gasteiger partial charge in [0.15, 0.2) is 0 Å². The van der Waals surface area contributed by atoms with Crippen LogP contribution in [0.2, 0.25) is 0 Å². The van der Waals surface area contributed by atoms with Crippen molar-refractivity contribution in [3.63, 3.8) is 0 Å². The summed E-state index contributed by atoms with van der Waals surface area (Å²) in [4.78, 5) is 19.2. The SMILES string of the molecule is CCN1C(=O)/C(=C/c2cc3c(s2)N(c2c(C)cc(C)cc2C)c2ccccc2C32c3ccccc3-c3ccccc32)SC1=S. The van der Waals surface area contributed by atoms with Gasteiger partial charge in [0.1, 0.15) is 9.32 Å². The van der Waals surface area contributed by atoms with Crippen LogP contribution in [0.4, 0.5) is 16.4 Å². The molecule has 3 aliphatic rings. The van der Waals surface area contributed by atoms with E-state index in [-0.39, 0.29) is 5.91 Å². The third kappa shape index (κ3) is 3.68. The van der Waals surface area contributed by atoms with E-state index in [1.165, 1.54) is 78.2 Å². The molecule has 1 amide bonds. The topological polar surface area (TPSA) is 23.6 Å². The van der Waals surface area contributed by atoms with Gasteiger partial charge in [0.25, 0.3) is 5.91 Å². The fourth-order valence-corrected chi connectivity index (χ4v) is 10.2. The first-order chi connectivity index (χ1) is 21.3. The number of likely N-dealkylation sites (N-methyl/N-ethyl adjacent to an activating group) is 1. The average molecular weight is 627 g/mol. The highest BCUT2D eigenvalue weighted by atomic mass is 32.2. The summed E-state index contributed by atoms with van der Waals surface area (Å²) in [6, 6.07) is 33.5. The number of hydrogen-bond donors (Lipinski definition) is 0. The summed E-state index contributed by atoms with van der Waals surface area (Å²) >= 11 is 8.71. The Hall–Kier alpha value is -3.97. The smallest absolute Gasteiger partial charge is 0.266 e. The Balaban J connectivity index is 1.48.